The Kier molecular flexibility index (Phi) is 12.6. The molecule has 2 atom stereocenters. The van der Waals surface area contributed by atoms with Crippen LogP contribution in [-0.4, -0.2) is 43.1 Å². The second kappa shape index (κ2) is 14.4. The quantitative estimate of drug-likeness (QED) is 0.233. The molecule has 0 amide bonds. The highest BCUT2D eigenvalue weighted by Crippen LogP contribution is 2.35. The number of carbonyl (C=O) groups is 4. The van der Waals surface area contributed by atoms with Crippen LogP contribution in [0.1, 0.15) is 93.1 Å². The highest BCUT2D eigenvalue weighted by Gasteiger charge is 2.37. The molecule has 39 heavy (non-hydrogen) atoms. The van der Waals surface area contributed by atoms with Crippen LogP contribution in [0.2, 0.25) is 0 Å². The molecule has 0 aliphatic rings. The fraction of sp³-hybridized carbons (Fsp3) is 0.667. The summed E-state index contributed by atoms with van der Waals surface area (Å²) in [5.41, 5.74) is 3.99. The number of hydrogen-bond acceptors (Lipinski definition) is 9. The van der Waals surface area contributed by atoms with Crippen molar-refractivity contribution in [3.05, 3.63) is 23.8 Å². The zero-order valence-corrected chi connectivity index (χ0v) is 25.1. The standard InChI is InChI=1S/C30H47NO8/c1-10-13-20(4)24(32)37-17-16-30(31,27(35)36-9)19-21-14-15-22(38-25(33)28(5,6)11-2)23(18-21)39-26(34)29(7,8)12-3/h14-15,18,20H,10-13,16-17,19,31H2,1-9H3/t20?,30-/m1/s1. The molecule has 2 N–H and O–H groups in total. The molecule has 1 unspecified atom stereocenters. The zero-order chi connectivity index (χ0) is 30.0. The third-order valence-electron chi connectivity index (χ3n) is 7.31. The van der Waals surface area contributed by atoms with Gasteiger partial charge in [-0.25, -0.2) is 0 Å². The van der Waals surface area contributed by atoms with Crippen LogP contribution < -0.4 is 15.2 Å². The molecule has 0 radical (unpaired) electrons. The summed E-state index contributed by atoms with van der Waals surface area (Å²) in [6.45, 7) is 14.5. The maximum absolute atomic E-state index is 12.9. The molecule has 0 bridgehead atoms. The SMILES string of the molecule is CCCC(C)C(=O)OCC[C@@](N)(Cc1ccc(OC(=O)C(C)(C)CC)c(OC(=O)C(C)(C)CC)c1)C(=O)OC. The van der Waals surface area contributed by atoms with Crippen LogP contribution in [0.5, 0.6) is 11.5 Å². The van der Waals surface area contributed by atoms with Gasteiger partial charge in [0.05, 0.1) is 30.5 Å². The molecule has 0 aliphatic carbocycles. The minimum atomic E-state index is -1.52. The predicted molar refractivity (Wildman–Crippen MR) is 148 cm³/mol. The maximum atomic E-state index is 12.9. The fourth-order valence-electron chi connectivity index (χ4n) is 3.45. The van der Waals surface area contributed by atoms with Crippen molar-refractivity contribution in [1.29, 1.82) is 0 Å². The van der Waals surface area contributed by atoms with Crippen LogP contribution in [0, 0.1) is 16.7 Å². The maximum Gasteiger partial charge on any atom is 0.326 e. The van der Waals surface area contributed by atoms with Crippen LogP contribution in [-0.2, 0) is 35.1 Å². The molecule has 0 heterocycles. The highest BCUT2D eigenvalue weighted by atomic mass is 16.6. The summed E-state index contributed by atoms with van der Waals surface area (Å²) >= 11 is 0. The van der Waals surface area contributed by atoms with Gasteiger partial charge in [-0.05, 0) is 64.7 Å². The molecule has 1 aromatic carbocycles. The fourth-order valence-corrected chi connectivity index (χ4v) is 3.45. The normalized spacial score (nSPS) is 14.1. The predicted octanol–water partition coefficient (Wildman–Crippen LogP) is 5.15. The van der Waals surface area contributed by atoms with Crippen molar-refractivity contribution in [3.8, 4) is 11.5 Å². The lowest BCUT2D eigenvalue weighted by Crippen LogP contribution is -2.51. The summed E-state index contributed by atoms with van der Waals surface area (Å²) in [6, 6.07) is 4.69. The van der Waals surface area contributed by atoms with Crippen molar-refractivity contribution in [3.63, 3.8) is 0 Å². The summed E-state index contributed by atoms with van der Waals surface area (Å²) < 4.78 is 21.7. The Hall–Kier alpha value is -2.94. The Labute approximate surface area is 233 Å². The first-order valence-corrected chi connectivity index (χ1v) is 13.7. The zero-order valence-electron chi connectivity index (χ0n) is 25.1. The summed E-state index contributed by atoms with van der Waals surface area (Å²) in [5.74, 6) is -2.10. The molecule has 0 fully saturated rings. The van der Waals surface area contributed by atoms with Crippen LogP contribution in [0.15, 0.2) is 18.2 Å². The third kappa shape index (κ3) is 9.64. The summed E-state index contributed by atoms with van der Waals surface area (Å²) in [6.07, 6.45) is 2.66. The van der Waals surface area contributed by atoms with Crippen molar-refractivity contribution in [2.75, 3.05) is 13.7 Å². The van der Waals surface area contributed by atoms with E-state index < -0.39 is 34.3 Å². The van der Waals surface area contributed by atoms with Crippen molar-refractivity contribution in [1.82, 2.24) is 0 Å². The van der Waals surface area contributed by atoms with Crippen LogP contribution in [0.3, 0.4) is 0 Å². The lowest BCUT2D eigenvalue weighted by molar-refractivity contribution is -0.153. The monoisotopic (exact) mass is 549 g/mol. The Bertz CT molecular complexity index is 1020. The van der Waals surface area contributed by atoms with E-state index in [-0.39, 0.29) is 42.8 Å². The van der Waals surface area contributed by atoms with Crippen molar-refractivity contribution in [2.45, 2.75) is 99.5 Å². The van der Waals surface area contributed by atoms with Gasteiger partial charge in [-0.15, -0.1) is 0 Å². The number of esters is 4. The Balaban J connectivity index is 3.31. The summed E-state index contributed by atoms with van der Waals surface area (Å²) in [4.78, 5) is 50.6. The number of nitrogens with two attached hydrogens (primary N) is 1. The molecule has 220 valence electrons. The van der Waals surface area contributed by atoms with E-state index in [1.807, 2.05) is 20.8 Å². The molecule has 0 spiro atoms. The lowest BCUT2D eigenvalue weighted by atomic mass is 9.88. The van der Waals surface area contributed by atoms with Crippen LogP contribution in [0.4, 0.5) is 0 Å². The largest absolute Gasteiger partial charge is 0.468 e. The summed E-state index contributed by atoms with van der Waals surface area (Å²) in [5, 5.41) is 0. The van der Waals surface area contributed by atoms with Gasteiger partial charge in [0, 0.05) is 12.8 Å². The number of hydrogen-bond donors (Lipinski definition) is 1. The minimum Gasteiger partial charge on any atom is -0.468 e. The molecule has 9 heteroatoms. The van der Waals surface area contributed by atoms with Gasteiger partial charge in [-0.3, -0.25) is 19.2 Å². The number of ether oxygens (including phenoxy) is 4. The molecule has 1 aromatic rings. The van der Waals surface area contributed by atoms with Gasteiger partial charge in [0.15, 0.2) is 11.5 Å². The van der Waals surface area contributed by atoms with Crippen molar-refractivity contribution < 1.29 is 38.1 Å². The van der Waals surface area contributed by atoms with Gasteiger partial charge in [0.25, 0.3) is 0 Å². The topological polar surface area (TPSA) is 131 Å². The van der Waals surface area contributed by atoms with E-state index in [4.69, 9.17) is 24.7 Å². The van der Waals surface area contributed by atoms with E-state index in [9.17, 15) is 19.2 Å². The van der Waals surface area contributed by atoms with Gasteiger partial charge < -0.3 is 24.7 Å². The molecule has 1 rings (SSSR count). The van der Waals surface area contributed by atoms with E-state index in [0.29, 0.717) is 24.8 Å². The third-order valence-corrected chi connectivity index (χ3v) is 7.31. The Morgan fingerprint density at radius 1 is 0.872 bits per heavy atom. The number of carbonyl (C=O) groups excluding carboxylic acids is 4. The second-order valence-electron chi connectivity index (χ2n) is 11.5. The molecule has 0 aliphatic heterocycles. The number of benzene rings is 1. The van der Waals surface area contributed by atoms with Gasteiger partial charge in [0.2, 0.25) is 0 Å². The smallest absolute Gasteiger partial charge is 0.326 e. The molecule has 0 aromatic heterocycles. The first-order chi connectivity index (χ1) is 18.1. The van der Waals surface area contributed by atoms with Crippen molar-refractivity contribution >= 4 is 23.9 Å². The average molecular weight is 550 g/mol. The molecular weight excluding hydrogens is 502 g/mol. The first-order valence-electron chi connectivity index (χ1n) is 13.7. The van der Waals surface area contributed by atoms with Crippen LogP contribution in [0.25, 0.3) is 0 Å². The summed E-state index contributed by atoms with van der Waals surface area (Å²) in [7, 11) is 1.23. The Morgan fingerprint density at radius 3 is 1.90 bits per heavy atom. The highest BCUT2D eigenvalue weighted by molar-refractivity contribution is 5.82. The van der Waals surface area contributed by atoms with Gasteiger partial charge >= 0.3 is 23.9 Å². The van der Waals surface area contributed by atoms with E-state index in [0.717, 1.165) is 6.42 Å². The number of methoxy groups -OCH3 is 1. The van der Waals surface area contributed by atoms with Gasteiger partial charge in [-0.2, -0.15) is 0 Å². The number of rotatable bonds is 15. The molecule has 9 nitrogen and oxygen atoms in total. The van der Waals surface area contributed by atoms with Crippen LogP contribution >= 0.6 is 0 Å². The Morgan fingerprint density at radius 2 is 1.41 bits per heavy atom. The van der Waals surface area contributed by atoms with E-state index >= 15 is 0 Å². The lowest BCUT2D eigenvalue weighted by Gasteiger charge is -2.27. The minimum absolute atomic E-state index is 0.00185. The second-order valence-corrected chi connectivity index (χ2v) is 11.5. The molecular formula is C30H47NO8. The molecule has 0 saturated carbocycles. The first kappa shape index (κ1) is 34.1. The van der Waals surface area contributed by atoms with E-state index in [1.165, 1.54) is 19.2 Å². The average Bonchev–Trinajstić information content (AvgIpc) is 2.89. The van der Waals surface area contributed by atoms with Gasteiger partial charge in [-0.1, -0.05) is 40.2 Å². The molecule has 0 saturated heterocycles. The van der Waals surface area contributed by atoms with E-state index in [2.05, 4.69) is 0 Å². The van der Waals surface area contributed by atoms with E-state index in [1.54, 1.807) is 40.7 Å². The van der Waals surface area contributed by atoms with Gasteiger partial charge in [0.1, 0.15) is 5.54 Å². The van der Waals surface area contributed by atoms with Crippen molar-refractivity contribution in [2.24, 2.45) is 22.5 Å².